The van der Waals surface area contributed by atoms with E-state index < -0.39 is 23.3 Å². The van der Waals surface area contributed by atoms with Gasteiger partial charge in [-0.15, -0.1) is 0 Å². The van der Waals surface area contributed by atoms with Crippen LogP contribution in [0.2, 0.25) is 0 Å². The highest BCUT2D eigenvalue weighted by Gasteiger charge is 2.35. The first-order valence-corrected chi connectivity index (χ1v) is 13.9. The van der Waals surface area contributed by atoms with Gasteiger partial charge in [0.15, 0.2) is 0 Å². The Morgan fingerprint density at radius 2 is 1.71 bits per heavy atom. The zero-order chi connectivity index (χ0) is 30.5. The number of amides is 1. The van der Waals surface area contributed by atoms with Gasteiger partial charge < -0.3 is 14.4 Å². The van der Waals surface area contributed by atoms with Gasteiger partial charge in [0, 0.05) is 31.9 Å². The number of hydrogen-bond acceptors (Lipinski definition) is 7. The van der Waals surface area contributed by atoms with Gasteiger partial charge >= 0.3 is 18.2 Å². The number of piperidine rings is 1. The Bertz CT molecular complexity index is 1390. The Morgan fingerprint density at radius 1 is 1.02 bits per heavy atom. The van der Waals surface area contributed by atoms with Crippen LogP contribution >= 0.6 is 0 Å². The number of hydrogen-bond donors (Lipinski definition) is 0. The SMILES string of the molecule is COC(=O)Cc1ccccc1CCc1nc(Cc2cnn(C3CCN(C(=O)OC(C)(C)C)CC3)c2)ncc1C(F)(F)F. The van der Waals surface area contributed by atoms with Gasteiger partial charge in [-0.3, -0.25) is 9.48 Å². The zero-order valence-electron chi connectivity index (χ0n) is 24.3. The quantitative estimate of drug-likeness (QED) is 0.328. The molecule has 0 saturated carbocycles. The van der Waals surface area contributed by atoms with Crippen LogP contribution in [0.3, 0.4) is 0 Å². The number of rotatable bonds is 8. The number of aromatic nitrogens is 4. The average Bonchev–Trinajstić information content (AvgIpc) is 3.39. The zero-order valence-corrected chi connectivity index (χ0v) is 24.3. The molecule has 1 saturated heterocycles. The predicted molar refractivity (Wildman–Crippen MR) is 148 cm³/mol. The molecule has 1 fully saturated rings. The molecular weight excluding hydrogens is 551 g/mol. The number of ether oxygens (including phenoxy) is 2. The number of methoxy groups -OCH3 is 1. The van der Waals surface area contributed by atoms with E-state index in [9.17, 15) is 22.8 Å². The third-order valence-electron chi connectivity index (χ3n) is 7.04. The van der Waals surface area contributed by atoms with Gasteiger partial charge in [-0.1, -0.05) is 24.3 Å². The molecule has 0 atom stereocenters. The summed E-state index contributed by atoms with van der Waals surface area (Å²) in [6.07, 6.45) is 1.42. The number of carbonyl (C=O) groups is 2. The minimum absolute atomic E-state index is 0.0258. The number of nitrogens with zero attached hydrogens (tertiary/aromatic N) is 5. The molecule has 1 amide bonds. The highest BCUT2D eigenvalue weighted by Crippen LogP contribution is 2.32. The number of benzene rings is 1. The van der Waals surface area contributed by atoms with Crippen molar-refractivity contribution >= 4 is 12.1 Å². The maximum absolute atomic E-state index is 13.8. The van der Waals surface area contributed by atoms with Crippen LogP contribution in [0, 0.1) is 0 Å². The predicted octanol–water partition coefficient (Wildman–Crippen LogP) is 5.36. The normalized spacial score (nSPS) is 14.6. The maximum atomic E-state index is 13.8. The van der Waals surface area contributed by atoms with Gasteiger partial charge in [0.2, 0.25) is 0 Å². The smallest absolute Gasteiger partial charge is 0.419 e. The summed E-state index contributed by atoms with van der Waals surface area (Å²) in [6.45, 7) is 6.59. The second-order valence-electron chi connectivity index (χ2n) is 11.4. The largest absolute Gasteiger partial charge is 0.469 e. The topological polar surface area (TPSA) is 99.4 Å². The van der Waals surface area contributed by atoms with Crippen molar-refractivity contribution < 1.29 is 32.2 Å². The van der Waals surface area contributed by atoms with E-state index in [0.29, 0.717) is 31.5 Å². The minimum atomic E-state index is -4.60. The molecule has 0 bridgehead atoms. The fourth-order valence-corrected chi connectivity index (χ4v) is 4.92. The van der Waals surface area contributed by atoms with E-state index in [1.54, 1.807) is 35.4 Å². The van der Waals surface area contributed by atoms with Gasteiger partial charge in [0.1, 0.15) is 11.4 Å². The Balaban J connectivity index is 1.43. The van der Waals surface area contributed by atoms with E-state index in [1.165, 1.54) is 7.11 Å². The summed E-state index contributed by atoms with van der Waals surface area (Å²) in [5.41, 5.74) is 0.719. The Kier molecular flexibility index (Phi) is 9.53. The summed E-state index contributed by atoms with van der Waals surface area (Å²) < 4.78 is 53.5. The second kappa shape index (κ2) is 12.9. The molecule has 1 aliphatic rings. The Labute approximate surface area is 243 Å². The molecule has 2 aromatic heterocycles. The van der Waals surface area contributed by atoms with E-state index in [2.05, 4.69) is 15.1 Å². The summed E-state index contributed by atoms with van der Waals surface area (Å²) in [4.78, 5) is 34.2. The lowest BCUT2D eigenvalue weighted by atomic mass is 9.98. The van der Waals surface area contributed by atoms with Crippen LogP contribution in [0.1, 0.15) is 73.4 Å². The van der Waals surface area contributed by atoms with Crippen molar-refractivity contribution in [3.63, 3.8) is 0 Å². The standard InChI is InChI=1S/C30H36F3N5O4/c1-29(2,3)42-28(40)37-13-11-23(12-14-37)38-19-20(17-35-38)15-26-34-18-24(30(31,32)33)25(36-26)10-9-21-7-5-6-8-22(21)16-27(39)41-4/h5-8,17-19,23H,9-16H2,1-4H3. The van der Waals surface area contributed by atoms with Crippen molar-refractivity contribution in [1.82, 2.24) is 24.6 Å². The molecule has 3 aromatic rings. The number of esters is 1. The lowest BCUT2D eigenvalue weighted by Gasteiger charge is -2.33. The molecule has 0 aliphatic carbocycles. The second-order valence-corrected chi connectivity index (χ2v) is 11.4. The van der Waals surface area contributed by atoms with Gasteiger partial charge in [-0.25, -0.2) is 14.8 Å². The number of aryl methyl sites for hydroxylation is 2. The van der Waals surface area contributed by atoms with Crippen molar-refractivity contribution in [1.29, 1.82) is 0 Å². The Hall–Kier alpha value is -3.96. The molecule has 0 spiro atoms. The van der Waals surface area contributed by atoms with Gasteiger partial charge in [0.05, 0.1) is 37.0 Å². The lowest BCUT2D eigenvalue weighted by molar-refractivity contribution is -0.140. The molecule has 0 radical (unpaired) electrons. The van der Waals surface area contributed by atoms with Crippen molar-refractivity contribution in [3.8, 4) is 0 Å². The molecule has 226 valence electrons. The monoisotopic (exact) mass is 587 g/mol. The van der Waals surface area contributed by atoms with E-state index in [1.807, 2.05) is 31.6 Å². The van der Waals surface area contributed by atoms with Crippen LogP contribution in [0.4, 0.5) is 18.0 Å². The number of carbonyl (C=O) groups excluding carboxylic acids is 2. The highest BCUT2D eigenvalue weighted by molar-refractivity contribution is 5.72. The maximum Gasteiger partial charge on any atom is 0.419 e. The molecule has 12 heteroatoms. The van der Waals surface area contributed by atoms with E-state index >= 15 is 0 Å². The van der Waals surface area contributed by atoms with Gasteiger partial charge in [-0.05, 0) is 63.1 Å². The molecule has 4 rings (SSSR count). The average molecular weight is 588 g/mol. The number of alkyl halides is 3. The Morgan fingerprint density at radius 3 is 2.36 bits per heavy atom. The molecule has 0 N–H and O–H groups in total. The lowest BCUT2D eigenvalue weighted by Crippen LogP contribution is -2.42. The van der Waals surface area contributed by atoms with E-state index in [4.69, 9.17) is 9.47 Å². The van der Waals surface area contributed by atoms with Crippen LogP contribution in [0.25, 0.3) is 0 Å². The summed E-state index contributed by atoms with van der Waals surface area (Å²) in [5, 5.41) is 4.47. The summed E-state index contributed by atoms with van der Waals surface area (Å²) in [7, 11) is 1.29. The minimum Gasteiger partial charge on any atom is -0.469 e. The molecule has 3 heterocycles. The molecule has 0 unspecified atom stereocenters. The summed E-state index contributed by atoms with van der Waals surface area (Å²) >= 11 is 0. The van der Waals surface area contributed by atoms with Crippen LogP contribution in [0.5, 0.6) is 0 Å². The van der Waals surface area contributed by atoms with Crippen molar-refractivity contribution in [2.75, 3.05) is 20.2 Å². The first kappa shape index (κ1) is 31.0. The third kappa shape index (κ3) is 8.29. The highest BCUT2D eigenvalue weighted by atomic mass is 19.4. The molecule has 42 heavy (non-hydrogen) atoms. The summed E-state index contributed by atoms with van der Waals surface area (Å²) in [6, 6.07) is 7.20. The van der Waals surface area contributed by atoms with E-state index in [0.717, 1.165) is 17.3 Å². The summed E-state index contributed by atoms with van der Waals surface area (Å²) in [5.74, 6) is -0.156. The van der Waals surface area contributed by atoms with Crippen molar-refractivity contribution in [2.24, 2.45) is 0 Å². The van der Waals surface area contributed by atoms with Gasteiger partial charge in [-0.2, -0.15) is 18.3 Å². The first-order valence-electron chi connectivity index (χ1n) is 13.9. The number of halogens is 3. The van der Waals surface area contributed by atoms with Crippen LogP contribution in [0.15, 0.2) is 42.9 Å². The molecule has 9 nitrogen and oxygen atoms in total. The fraction of sp³-hybridized carbons (Fsp3) is 0.500. The first-order chi connectivity index (χ1) is 19.8. The van der Waals surface area contributed by atoms with Gasteiger partial charge in [0.25, 0.3) is 0 Å². The van der Waals surface area contributed by atoms with Crippen LogP contribution in [-0.2, 0) is 46.1 Å². The van der Waals surface area contributed by atoms with Crippen LogP contribution < -0.4 is 0 Å². The molecule has 1 aliphatic heterocycles. The molecule has 1 aromatic carbocycles. The van der Waals surface area contributed by atoms with Crippen molar-refractivity contribution in [2.45, 2.75) is 77.1 Å². The number of likely N-dealkylation sites (tertiary alicyclic amines) is 1. The van der Waals surface area contributed by atoms with E-state index in [-0.39, 0.29) is 49.3 Å². The third-order valence-corrected chi connectivity index (χ3v) is 7.04. The fourth-order valence-electron chi connectivity index (χ4n) is 4.92. The van der Waals surface area contributed by atoms with Crippen LogP contribution in [-0.4, -0.2) is 62.5 Å². The molecular formula is C30H36F3N5O4. The van der Waals surface area contributed by atoms with Crippen molar-refractivity contribution in [3.05, 3.63) is 76.6 Å².